The summed E-state index contributed by atoms with van der Waals surface area (Å²) in [6.45, 7) is 0. The van der Waals surface area contributed by atoms with Gasteiger partial charge in [-0.2, -0.15) is 0 Å². The molecule has 0 aliphatic heterocycles. The van der Waals surface area contributed by atoms with E-state index in [2.05, 4.69) is 9.72 Å². The predicted molar refractivity (Wildman–Crippen MR) is 100 cm³/mol. The number of hydrogen-bond acceptors (Lipinski definition) is 7. The summed E-state index contributed by atoms with van der Waals surface area (Å²) in [5, 5.41) is 0.814. The zero-order valence-electron chi connectivity index (χ0n) is 13.4. The molecule has 138 valence electrons. The van der Waals surface area contributed by atoms with E-state index in [1.54, 1.807) is 16.5 Å². The van der Waals surface area contributed by atoms with Crippen LogP contribution in [0.3, 0.4) is 0 Å². The van der Waals surface area contributed by atoms with Crippen LogP contribution in [0, 0.1) is 0 Å². The number of carbonyl (C=O) groups is 2. The minimum Gasteiger partial charge on any atom is -0.469 e. The van der Waals surface area contributed by atoms with Crippen LogP contribution in [0.1, 0.15) is 16.9 Å². The van der Waals surface area contributed by atoms with Crippen LogP contribution >= 0.6 is 34.5 Å². The maximum absolute atomic E-state index is 12.3. The van der Waals surface area contributed by atoms with Gasteiger partial charge in [0, 0.05) is 6.20 Å². The van der Waals surface area contributed by atoms with Crippen LogP contribution < -0.4 is 0 Å². The van der Waals surface area contributed by atoms with E-state index in [9.17, 15) is 18.0 Å². The number of halogens is 2. The number of benzene rings is 1. The minimum absolute atomic E-state index is 0.0332. The van der Waals surface area contributed by atoms with Gasteiger partial charge in [-0.3, -0.25) is 14.0 Å². The van der Waals surface area contributed by atoms with Crippen molar-refractivity contribution < 1.29 is 22.7 Å². The van der Waals surface area contributed by atoms with Crippen LogP contribution in [0.15, 0.2) is 18.3 Å². The van der Waals surface area contributed by atoms with E-state index in [0.717, 1.165) is 10.2 Å². The fourth-order valence-corrected chi connectivity index (χ4v) is 5.03. The molecule has 0 fully saturated rings. The molecule has 0 atom stereocenters. The summed E-state index contributed by atoms with van der Waals surface area (Å²) in [6, 6.07) is 3.38. The van der Waals surface area contributed by atoms with Crippen LogP contribution in [-0.4, -0.2) is 48.2 Å². The summed E-state index contributed by atoms with van der Waals surface area (Å²) in [6.07, 6.45) is 1.17. The van der Waals surface area contributed by atoms with Gasteiger partial charge in [-0.05, 0) is 12.1 Å². The number of carbonyl (C=O) groups excluding carboxylic acids is 2. The molecule has 2 aromatic heterocycles. The molecule has 0 aliphatic rings. The van der Waals surface area contributed by atoms with Crippen molar-refractivity contribution in [3.63, 3.8) is 0 Å². The Labute approximate surface area is 162 Å². The van der Waals surface area contributed by atoms with E-state index in [4.69, 9.17) is 23.2 Å². The molecule has 0 saturated heterocycles. The molecule has 1 aromatic carbocycles. The normalized spacial score (nSPS) is 12.0. The number of ether oxygens (including phenoxy) is 1. The Balaban J connectivity index is 1.85. The van der Waals surface area contributed by atoms with Gasteiger partial charge in [0.1, 0.15) is 11.4 Å². The van der Waals surface area contributed by atoms with Gasteiger partial charge < -0.3 is 4.74 Å². The third-order valence-corrected chi connectivity index (χ3v) is 7.17. The molecule has 0 spiro atoms. The number of esters is 1. The summed E-state index contributed by atoms with van der Waals surface area (Å²) in [5.74, 6) is -2.46. The van der Waals surface area contributed by atoms with Gasteiger partial charge in [-0.1, -0.05) is 34.5 Å². The second kappa shape index (κ2) is 7.15. The van der Waals surface area contributed by atoms with Crippen LogP contribution in [0.4, 0.5) is 0 Å². The number of ketones is 1. The highest BCUT2D eigenvalue weighted by atomic mass is 35.5. The van der Waals surface area contributed by atoms with Crippen LogP contribution in [0.25, 0.3) is 15.2 Å². The zero-order valence-corrected chi connectivity index (χ0v) is 16.5. The highest BCUT2D eigenvalue weighted by Crippen LogP contribution is 2.36. The maximum Gasteiger partial charge on any atom is 0.306 e. The van der Waals surface area contributed by atoms with Crippen molar-refractivity contribution in [1.29, 1.82) is 0 Å². The summed E-state index contributed by atoms with van der Waals surface area (Å²) in [5.41, 5.74) is 0.755. The molecule has 7 nitrogen and oxygen atoms in total. The largest absolute Gasteiger partial charge is 0.469 e. The number of Topliss-reactive ketones (excluding diaryl/α,β-unsaturated/α-hetero) is 1. The molecular formula is C15H12Cl2N2O5S2. The van der Waals surface area contributed by atoms with Gasteiger partial charge in [0.2, 0.25) is 0 Å². The van der Waals surface area contributed by atoms with Gasteiger partial charge in [-0.15, -0.1) is 0 Å². The van der Waals surface area contributed by atoms with Crippen molar-refractivity contribution in [3.8, 4) is 0 Å². The van der Waals surface area contributed by atoms with Gasteiger partial charge in [-0.25, -0.2) is 13.4 Å². The average molecular weight is 435 g/mol. The monoisotopic (exact) mass is 434 g/mol. The topological polar surface area (TPSA) is 94.8 Å². The molecule has 0 saturated carbocycles. The highest BCUT2D eigenvalue weighted by Gasteiger charge is 2.23. The SMILES string of the molecule is COC(=O)CCS(=O)(=O)CC(=O)c1cn2c(n1)sc1c(Cl)c(Cl)ccc12. The van der Waals surface area contributed by atoms with Crippen molar-refractivity contribution in [1.82, 2.24) is 9.38 Å². The number of methoxy groups -OCH3 is 1. The average Bonchev–Trinajstić information content (AvgIpc) is 3.14. The lowest BCUT2D eigenvalue weighted by molar-refractivity contribution is -0.140. The maximum atomic E-state index is 12.3. The van der Waals surface area contributed by atoms with Crippen molar-refractivity contribution in [2.75, 3.05) is 18.6 Å². The number of thiazole rings is 1. The van der Waals surface area contributed by atoms with Crippen molar-refractivity contribution in [2.45, 2.75) is 6.42 Å². The van der Waals surface area contributed by atoms with Crippen molar-refractivity contribution >= 4 is 71.3 Å². The second-order valence-electron chi connectivity index (χ2n) is 5.43. The predicted octanol–water partition coefficient (Wildman–Crippen LogP) is 3.02. The fraction of sp³-hybridized carbons (Fsp3) is 0.267. The second-order valence-corrected chi connectivity index (χ2v) is 9.38. The minimum atomic E-state index is -3.74. The molecule has 0 aliphatic carbocycles. The Morgan fingerprint density at radius 1 is 1.31 bits per heavy atom. The standard InChI is InChI=1S/C15H12Cl2N2O5S2/c1-24-12(21)4-5-26(22,23)7-11(20)9-6-19-10-3-2-8(16)13(17)14(10)25-15(19)18-9/h2-3,6H,4-5,7H2,1H3. The number of fused-ring (bicyclic) bond motifs is 3. The Bertz CT molecular complexity index is 1130. The summed E-state index contributed by atoms with van der Waals surface area (Å²) < 4.78 is 30.8. The van der Waals surface area contributed by atoms with Gasteiger partial charge >= 0.3 is 5.97 Å². The Kier molecular flexibility index (Phi) is 5.25. The number of hydrogen-bond donors (Lipinski definition) is 0. The molecule has 26 heavy (non-hydrogen) atoms. The molecular weight excluding hydrogens is 423 g/mol. The van der Waals surface area contributed by atoms with Crippen LogP contribution in [0.5, 0.6) is 0 Å². The van der Waals surface area contributed by atoms with E-state index < -0.39 is 33.1 Å². The van der Waals surface area contributed by atoms with Gasteiger partial charge in [0.15, 0.2) is 20.6 Å². The lowest BCUT2D eigenvalue weighted by Crippen LogP contribution is -2.21. The third-order valence-electron chi connectivity index (χ3n) is 3.64. The van der Waals surface area contributed by atoms with Crippen molar-refractivity contribution in [3.05, 3.63) is 34.1 Å². The van der Waals surface area contributed by atoms with E-state index in [0.29, 0.717) is 15.0 Å². The van der Waals surface area contributed by atoms with E-state index in [1.165, 1.54) is 24.6 Å². The molecule has 2 heterocycles. The van der Waals surface area contributed by atoms with Gasteiger partial charge in [0.05, 0.1) is 39.5 Å². The number of imidazole rings is 1. The zero-order chi connectivity index (χ0) is 19.1. The fourth-order valence-electron chi connectivity index (χ4n) is 2.33. The van der Waals surface area contributed by atoms with E-state index >= 15 is 0 Å². The first kappa shape index (κ1) is 19.1. The van der Waals surface area contributed by atoms with Crippen LogP contribution in [0.2, 0.25) is 10.0 Å². The molecule has 3 rings (SSSR count). The first-order valence-electron chi connectivity index (χ1n) is 7.28. The summed E-state index contributed by atoms with van der Waals surface area (Å²) in [7, 11) is -2.58. The van der Waals surface area contributed by atoms with E-state index in [1.807, 2.05) is 0 Å². The molecule has 0 amide bonds. The Hall–Kier alpha value is -1.68. The van der Waals surface area contributed by atoms with E-state index in [-0.39, 0.29) is 12.1 Å². The highest BCUT2D eigenvalue weighted by molar-refractivity contribution is 7.92. The lowest BCUT2D eigenvalue weighted by atomic mass is 10.3. The first-order valence-corrected chi connectivity index (χ1v) is 10.7. The molecule has 11 heteroatoms. The Morgan fingerprint density at radius 3 is 2.73 bits per heavy atom. The third kappa shape index (κ3) is 3.71. The summed E-state index contributed by atoms with van der Waals surface area (Å²) >= 11 is 13.4. The van der Waals surface area contributed by atoms with Gasteiger partial charge in [0.25, 0.3) is 0 Å². The smallest absolute Gasteiger partial charge is 0.306 e. The number of rotatable bonds is 6. The molecule has 0 N–H and O–H groups in total. The molecule has 3 aromatic rings. The first-order chi connectivity index (χ1) is 12.2. The number of sulfone groups is 1. The molecule has 0 bridgehead atoms. The lowest BCUT2D eigenvalue weighted by Gasteiger charge is -2.02. The molecule has 0 radical (unpaired) electrons. The number of nitrogens with zero attached hydrogens (tertiary/aromatic N) is 2. The molecule has 0 unspecified atom stereocenters. The summed E-state index contributed by atoms with van der Waals surface area (Å²) in [4.78, 5) is 28.0. The number of aromatic nitrogens is 2. The quantitative estimate of drug-likeness (QED) is 0.437. The van der Waals surface area contributed by atoms with Crippen LogP contribution in [-0.2, 0) is 19.4 Å². The van der Waals surface area contributed by atoms with Crippen molar-refractivity contribution in [2.24, 2.45) is 0 Å². The Morgan fingerprint density at radius 2 is 2.04 bits per heavy atom.